The Labute approximate surface area is 87.4 Å². The van der Waals surface area contributed by atoms with Crippen molar-refractivity contribution >= 4 is 0 Å². The summed E-state index contributed by atoms with van der Waals surface area (Å²) in [6.45, 7) is 7.99. The Kier molecular flexibility index (Phi) is 4.35. The summed E-state index contributed by atoms with van der Waals surface area (Å²) in [5.41, 5.74) is 5.97. The first-order valence-corrected chi connectivity index (χ1v) is 5.75. The van der Waals surface area contributed by atoms with Crippen molar-refractivity contribution in [2.24, 2.45) is 5.73 Å². The van der Waals surface area contributed by atoms with Crippen LogP contribution in [0.15, 0.2) is 0 Å². The SMILES string of the molecule is CCOC1CC(CN)(NC(C)CC)C1. The van der Waals surface area contributed by atoms with Crippen molar-refractivity contribution in [1.82, 2.24) is 5.32 Å². The predicted molar refractivity (Wildman–Crippen MR) is 59.3 cm³/mol. The van der Waals surface area contributed by atoms with Crippen LogP contribution in [0.25, 0.3) is 0 Å². The van der Waals surface area contributed by atoms with Gasteiger partial charge in [0.15, 0.2) is 0 Å². The minimum atomic E-state index is 0.162. The van der Waals surface area contributed by atoms with Gasteiger partial charge in [-0.2, -0.15) is 0 Å². The van der Waals surface area contributed by atoms with Crippen molar-refractivity contribution in [2.75, 3.05) is 13.2 Å². The van der Waals surface area contributed by atoms with Gasteiger partial charge in [0.05, 0.1) is 6.10 Å². The summed E-state index contributed by atoms with van der Waals surface area (Å²) in [6, 6.07) is 0.557. The van der Waals surface area contributed by atoms with Gasteiger partial charge in [-0.3, -0.25) is 0 Å². The zero-order chi connectivity index (χ0) is 10.6. The van der Waals surface area contributed by atoms with Crippen LogP contribution < -0.4 is 11.1 Å². The van der Waals surface area contributed by atoms with Crippen molar-refractivity contribution < 1.29 is 4.74 Å². The minimum absolute atomic E-state index is 0.162. The molecule has 3 N–H and O–H groups in total. The van der Waals surface area contributed by atoms with E-state index in [1.54, 1.807) is 0 Å². The molecule has 1 unspecified atom stereocenters. The molecule has 0 amide bonds. The standard InChI is InChI=1S/C11H24N2O/c1-4-9(3)13-11(8-12)6-10(7-11)14-5-2/h9-10,13H,4-8,12H2,1-3H3. The lowest BCUT2D eigenvalue weighted by atomic mass is 9.73. The largest absolute Gasteiger partial charge is 0.378 e. The second-order valence-corrected chi connectivity index (χ2v) is 4.42. The molecule has 0 heterocycles. The highest BCUT2D eigenvalue weighted by molar-refractivity contribution is 5.03. The minimum Gasteiger partial charge on any atom is -0.378 e. The first kappa shape index (κ1) is 12.0. The number of nitrogens with two attached hydrogens (primary N) is 1. The van der Waals surface area contributed by atoms with Crippen molar-refractivity contribution in [1.29, 1.82) is 0 Å². The molecule has 1 aliphatic carbocycles. The molecule has 1 atom stereocenters. The summed E-state index contributed by atoms with van der Waals surface area (Å²) >= 11 is 0. The molecular formula is C11H24N2O. The van der Waals surface area contributed by atoms with Crippen LogP contribution in [0.4, 0.5) is 0 Å². The molecule has 0 bridgehead atoms. The Balaban J connectivity index is 2.33. The van der Waals surface area contributed by atoms with Crippen LogP contribution in [0.5, 0.6) is 0 Å². The monoisotopic (exact) mass is 200 g/mol. The van der Waals surface area contributed by atoms with Crippen molar-refractivity contribution in [3.05, 3.63) is 0 Å². The molecular weight excluding hydrogens is 176 g/mol. The van der Waals surface area contributed by atoms with Gasteiger partial charge in [0.25, 0.3) is 0 Å². The highest BCUT2D eigenvalue weighted by Gasteiger charge is 2.43. The topological polar surface area (TPSA) is 47.3 Å². The Morgan fingerprint density at radius 3 is 2.57 bits per heavy atom. The van der Waals surface area contributed by atoms with Gasteiger partial charge in [0.2, 0.25) is 0 Å². The summed E-state index contributed by atoms with van der Waals surface area (Å²) in [5.74, 6) is 0. The molecule has 0 spiro atoms. The summed E-state index contributed by atoms with van der Waals surface area (Å²) < 4.78 is 5.55. The van der Waals surface area contributed by atoms with Crippen molar-refractivity contribution in [2.45, 2.75) is 57.7 Å². The summed E-state index contributed by atoms with van der Waals surface area (Å²) in [4.78, 5) is 0. The van der Waals surface area contributed by atoms with Crippen LogP contribution in [-0.4, -0.2) is 30.8 Å². The first-order chi connectivity index (χ1) is 6.65. The summed E-state index contributed by atoms with van der Waals surface area (Å²) in [6.07, 6.45) is 3.73. The molecule has 0 aromatic carbocycles. The average Bonchev–Trinajstić information content (AvgIpc) is 2.14. The lowest BCUT2D eigenvalue weighted by Gasteiger charge is -2.48. The highest BCUT2D eigenvalue weighted by atomic mass is 16.5. The van der Waals surface area contributed by atoms with E-state index in [1.165, 1.54) is 0 Å². The van der Waals surface area contributed by atoms with E-state index >= 15 is 0 Å². The van der Waals surface area contributed by atoms with Crippen LogP contribution in [0, 0.1) is 0 Å². The maximum Gasteiger partial charge on any atom is 0.0611 e. The fourth-order valence-electron chi connectivity index (χ4n) is 2.13. The molecule has 1 rings (SSSR count). The van der Waals surface area contributed by atoms with E-state index in [9.17, 15) is 0 Å². The summed E-state index contributed by atoms with van der Waals surface area (Å²) in [7, 11) is 0. The maximum atomic E-state index is 5.81. The molecule has 3 heteroatoms. The normalized spacial score (nSPS) is 33.9. The van der Waals surface area contributed by atoms with Crippen LogP contribution in [0.1, 0.15) is 40.0 Å². The van der Waals surface area contributed by atoms with E-state index < -0.39 is 0 Å². The van der Waals surface area contributed by atoms with Gasteiger partial charge in [0, 0.05) is 24.7 Å². The third-order valence-corrected chi connectivity index (χ3v) is 3.19. The van der Waals surface area contributed by atoms with Crippen molar-refractivity contribution in [3.8, 4) is 0 Å². The van der Waals surface area contributed by atoms with Gasteiger partial charge < -0.3 is 15.8 Å². The van der Waals surface area contributed by atoms with Crippen LogP contribution in [-0.2, 0) is 4.74 Å². The predicted octanol–water partition coefficient (Wildman–Crippen LogP) is 1.27. The van der Waals surface area contributed by atoms with Gasteiger partial charge in [-0.05, 0) is 33.1 Å². The van der Waals surface area contributed by atoms with E-state index in [0.29, 0.717) is 12.1 Å². The smallest absolute Gasteiger partial charge is 0.0611 e. The third-order valence-electron chi connectivity index (χ3n) is 3.19. The number of hydrogen-bond acceptors (Lipinski definition) is 3. The number of nitrogens with one attached hydrogen (secondary N) is 1. The zero-order valence-corrected chi connectivity index (χ0v) is 9.68. The number of rotatable bonds is 6. The fraction of sp³-hybridized carbons (Fsp3) is 1.00. The Bertz CT molecular complexity index is 167. The lowest BCUT2D eigenvalue weighted by Crippen LogP contribution is -2.64. The molecule has 14 heavy (non-hydrogen) atoms. The van der Waals surface area contributed by atoms with Gasteiger partial charge >= 0.3 is 0 Å². The molecule has 1 aliphatic rings. The second-order valence-electron chi connectivity index (χ2n) is 4.42. The first-order valence-electron chi connectivity index (χ1n) is 5.75. The van der Waals surface area contributed by atoms with Crippen LogP contribution >= 0.6 is 0 Å². The lowest BCUT2D eigenvalue weighted by molar-refractivity contribution is -0.0507. The van der Waals surface area contributed by atoms with Crippen LogP contribution in [0.3, 0.4) is 0 Å². The summed E-state index contributed by atoms with van der Waals surface area (Å²) in [5, 5.41) is 3.61. The molecule has 0 radical (unpaired) electrons. The number of ether oxygens (including phenoxy) is 1. The molecule has 0 aromatic rings. The Morgan fingerprint density at radius 2 is 2.14 bits per heavy atom. The average molecular weight is 200 g/mol. The van der Waals surface area contributed by atoms with Crippen LogP contribution in [0.2, 0.25) is 0 Å². The van der Waals surface area contributed by atoms with Gasteiger partial charge in [-0.1, -0.05) is 6.92 Å². The third kappa shape index (κ3) is 2.69. The molecule has 1 fully saturated rings. The molecule has 0 saturated heterocycles. The van der Waals surface area contributed by atoms with E-state index in [1.807, 2.05) is 6.92 Å². The second kappa shape index (κ2) is 5.10. The number of hydrogen-bond donors (Lipinski definition) is 2. The molecule has 0 aliphatic heterocycles. The van der Waals surface area contributed by atoms with Gasteiger partial charge in [-0.25, -0.2) is 0 Å². The Hall–Kier alpha value is -0.120. The zero-order valence-electron chi connectivity index (χ0n) is 9.68. The fourth-order valence-corrected chi connectivity index (χ4v) is 2.13. The van der Waals surface area contributed by atoms with E-state index in [4.69, 9.17) is 10.5 Å². The van der Waals surface area contributed by atoms with Crippen molar-refractivity contribution in [3.63, 3.8) is 0 Å². The molecule has 1 saturated carbocycles. The van der Waals surface area contributed by atoms with E-state index in [0.717, 1.165) is 32.4 Å². The van der Waals surface area contributed by atoms with E-state index in [-0.39, 0.29) is 5.54 Å². The maximum absolute atomic E-state index is 5.81. The Morgan fingerprint density at radius 1 is 1.50 bits per heavy atom. The highest BCUT2D eigenvalue weighted by Crippen LogP contribution is 2.34. The van der Waals surface area contributed by atoms with Gasteiger partial charge in [-0.15, -0.1) is 0 Å². The molecule has 0 aromatic heterocycles. The van der Waals surface area contributed by atoms with E-state index in [2.05, 4.69) is 19.2 Å². The molecule has 84 valence electrons. The van der Waals surface area contributed by atoms with Gasteiger partial charge in [0.1, 0.15) is 0 Å². The molecule has 3 nitrogen and oxygen atoms in total. The quantitative estimate of drug-likeness (QED) is 0.679.